The van der Waals surface area contributed by atoms with Crippen LogP contribution in [0.3, 0.4) is 0 Å². The van der Waals surface area contributed by atoms with Crippen molar-refractivity contribution in [1.29, 1.82) is 0 Å². The van der Waals surface area contributed by atoms with Crippen molar-refractivity contribution in [3.8, 4) is 16.9 Å². The second kappa shape index (κ2) is 10.3. The van der Waals surface area contributed by atoms with Gasteiger partial charge in [0.1, 0.15) is 12.3 Å². The van der Waals surface area contributed by atoms with Crippen LogP contribution in [0.5, 0.6) is 5.75 Å². The third-order valence-corrected chi connectivity index (χ3v) is 8.33. The Morgan fingerprint density at radius 2 is 1.75 bits per heavy atom. The molecule has 0 aliphatic heterocycles. The molecule has 0 saturated heterocycles. The molecule has 1 aliphatic rings. The highest BCUT2D eigenvalue weighted by Crippen LogP contribution is 2.51. The Labute approximate surface area is 207 Å². The first-order chi connectivity index (χ1) is 17.2. The van der Waals surface area contributed by atoms with Gasteiger partial charge in [-0.3, -0.25) is 4.79 Å². The molecule has 0 spiro atoms. The van der Waals surface area contributed by atoms with Gasteiger partial charge in [0, 0.05) is 0 Å². The molecule has 10 heteroatoms. The Bertz CT molecular complexity index is 1320. The normalized spacial score (nSPS) is 19.8. The molecule has 0 radical (unpaired) electrons. The number of sulfonamides is 1. The fourth-order valence-electron chi connectivity index (χ4n) is 4.64. The number of hydrogen-bond donors (Lipinski definition) is 1. The van der Waals surface area contributed by atoms with E-state index in [-0.39, 0.29) is 17.7 Å². The van der Waals surface area contributed by atoms with E-state index in [2.05, 4.69) is 0 Å². The van der Waals surface area contributed by atoms with Gasteiger partial charge in [-0.05, 0) is 53.8 Å². The smallest absolute Gasteiger partial charge is 0.345 e. The summed E-state index contributed by atoms with van der Waals surface area (Å²) >= 11 is 0. The van der Waals surface area contributed by atoms with Crippen molar-refractivity contribution in [2.24, 2.45) is 0 Å². The van der Waals surface area contributed by atoms with Crippen molar-refractivity contribution in [2.75, 3.05) is 13.7 Å². The Morgan fingerprint density at radius 1 is 1.06 bits per heavy atom. The predicted octanol–water partition coefficient (Wildman–Crippen LogP) is 4.73. The maximum absolute atomic E-state index is 13.7. The standard InChI is InChI=1S/C26H25F2NO6S/c1-34-21-7-5-6-19(16-21)18-10-12-20(13-11-18)26(15-14-23(26)35-25(27)28)29(17-24(30)31)36(32,33)22-8-3-2-4-9-22/h2-13,16,23,25H,14-15,17H2,1H3,(H,30,31). The number of methoxy groups -OCH3 is 1. The summed E-state index contributed by atoms with van der Waals surface area (Å²) in [6.45, 7) is -4.07. The summed E-state index contributed by atoms with van der Waals surface area (Å²) < 4.78 is 64.9. The van der Waals surface area contributed by atoms with Crippen LogP contribution in [-0.4, -0.2) is 50.2 Å². The average molecular weight is 518 g/mol. The number of halogens is 2. The molecule has 2 atom stereocenters. The Hall–Kier alpha value is -3.34. The van der Waals surface area contributed by atoms with E-state index in [1.165, 1.54) is 24.3 Å². The van der Waals surface area contributed by atoms with Gasteiger partial charge in [0.25, 0.3) is 0 Å². The van der Waals surface area contributed by atoms with E-state index in [1.54, 1.807) is 43.5 Å². The minimum atomic E-state index is -4.39. The molecule has 0 heterocycles. The topological polar surface area (TPSA) is 93.1 Å². The lowest BCUT2D eigenvalue weighted by Gasteiger charge is -2.54. The summed E-state index contributed by atoms with van der Waals surface area (Å²) in [5.41, 5.74) is 0.361. The van der Waals surface area contributed by atoms with Gasteiger partial charge >= 0.3 is 12.6 Å². The van der Waals surface area contributed by atoms with Crippen molar-refractivity contribution in [3.63, 3.8) is 0 Å². The van der Waals surface area contributed by atoms with Crippen LogP contribution >= 0.6 is 0 Å². The monoisotopic (exact) mass is 517 g/mol. The Morgan fingerprint density at radius 3 is 2.31 bits per heavy atom. The molecule has 1 N–H and O–H groups in total. The number of carboxylic acid groups (broad SMARTS) is 1. The fraction of sp³-hybridized carbons (Fsp3) is 0.269. The molecule has 1 saturated carbocycles. The zero-order valence-electron chi connectivity index (χ0n) is 19.4. The predicted molar refractivity (Wildman–Crippen MR) is 128 cm³/mol. The summed E-state index contributed by atoms with van der Waals surface area (Å²) in [5.74, 6) is -0.761. The summed E-state index contributed by atoms with van der Waals surface area (Å²) in [5, 5.41) is 9.63. The number of carbonyl (C=O) groups is 1. The summed E-state index contributed by atoms with van der Waals surface area (Å²) in [6.07, 6.45) is -0.983. The van der Waals surface area contributed by atoms with Gasteiger partial charge in [0.2, 0.25) is 10.0 Å². The molecule has 4 rings (SSSR count). The van der Waals surface area contributed by atoms with E-state index >= 15 is 0 Å². The minimum Gasteiger partial charge on any atom is -0.497 e. The third kappa shape index (κ3) is 4.84. The van der Waals surface area contributed by atoms with Gasteiger partial charge in [-0.2, -0.15) is 13.1 Å². The van der Waals surface area contributed by atoms with Gasteiger partial charge < -0.3 is 14.6 Å². The Kier molecular flexibility index (Phi) is 7.39. The number of ether oxygens (including phenoxy) is 2. The molecule has 3 aromatic carbocycles. The molecule has 0 amide bonds. The first kappa shape index (κ1) is 25.7. The molecule has 7 nitrogen and oxygen atoms in total. The third-order valence-electron chi connectivity index (χ3n) is 6.43. The van der Waals surface area contributed by atoms with E-state index < -0.39 is 40.8 Å². The lowest BCUT2D eigenvalue weighted by atomic mass is 9.68. The Balaban J connectivity index is 1.83. The zero-order valence-corrected chi connectivity index (χ0v) is 20.2. The lowest BCUT2D eigenvalue weighted by molar-refractivity contribution is -0.226. The number of benzene rings is 3. The first-order valence-corrected chi connectivity index (χ1v) is 12.6. The van der Waals surface area contributed by atoms with Crippen molar-refractivity contribution < 1.29 is 36.6 Å². The van der Waals surface area contributed by atoms with Crippen molar-refractivity contribution >= 4 is 16.0 Å². The first-order valence-electron chi connectivity index (χ1n) is 11.2. The van der Waals surface area contributed by atoms with Crippen molar-refractivity contribution in [1.82, 2.24) is 4.31 Å². The number of nitrogens with zero attached hydrogens (tertiary/aromatic N) is 1. The van der Waals surface area contributed by atoms with Crippen molar-refractivity contribution in [3.05, 3.63) is 84.4 Å². The SMILES string of the molecule is COc1cccc(-c2ccc(C3(N(CC(=O)O)S(=O)(=O)c4ccccc4)CCC3OC(F)F)cc2)c1. The van der Waals surface area contributed by atoms with Crippen molar-refractivity contribution in [2.45, 2.75) is 36.0 Å². The van der Waals surface area contributed by atoms with Crippen LogP contribution in [0.25, 0.3) is 11.1 Å². The summed E-state index contributed by atoms with van der Waals surface area (Å²) in [7, 11) is -2.84. The number of carboxylic acids is 1. The highest BCUT2D eigenvalue weighted by atomic mass is 32.2. The molecule has 0 bridgehead atoms. The highest BCUT2D eigenvalue weighted by Gasteiger charge is 2.58. The maximum atomic E-state index is 13.7. The zero-order chi connectivity index (χ0) is 25.9. The van der Waals surface area contributed by atoms with Gasteiger partial charge in [-0.15, -0.1) is 0 Å². The van der Waals surface area contributed by atoms with E-state index in [4.69, 9.17) is 9.47 Å². The van der Waals surface area contributed by atoms with Crippen LogP contribution in [0.4, 0.5) is 8.78 Å². The molecule has 2 unspecified atom stereocenters. The molecule has 190 valence electrons. The van der Waals surface area contributed by atoms with Crippen LogP contribution in [0.15, 0.2) is 83.8 Å². The van der Waals surface area contributed by atoms with E-state index in [1.807, 2.05) is 18.2 Å². The van der Waals surface area contributed by atoms with Crippen LogP contribution in [0.2, 0.25) is 0 Å². The minimum absolute atomic E-state index is 0.113. The largest absolute Gasteiger partial charge is 0.497 e. The molecule has 36 heavy (non-hydrogen) atoms. The second-order valence-corrected chi connectivity index (χ2v) is 10.2. The summed E-state index contributed by atoms with van der Waals surface area (Å²) in [4.78, 5) is 11.7. The molecular formula is C26H25F2NO6S. The van der Waals surface area contributed by atoms with Gasteiger partial charge in [-0.1, -0.05) is 54.6 Å². The second-order valence-electron chi connectivity index (χ2n) is 8.38. The molecule has 0 aromatic heterocycles. The number of alkyl halides is 2. The van der Waals surface area contributed by atoms with Gasteiger partial charge in [-0.25, -0.2) is 8.42 Å². The van der Waals surface area contributed by atoms with Crippen LogP contribution in [-0.2, 0) is 25.1 Å². The number of hydrogen-bond acceptors (Lipinski definition) is 5. The molecular weight excluding hydrogens is 492 g/mol. The van der Waals surface area contributed by atoms with Crippen LogP contribution < -0.4 is 4.74 Å². The van der Waals surface area contributed by atoms with E-state index in [0.717, 1.165) is 15.4 Å². The quantitative estimate of drug-likeness (QED) is 0.418. The number of rotatable bonds is 10. The fourth-order valence-corrected chi connectivity index (χ4v) is 6.42. The molecule has 1 fully saturated rings. The molecule has 1 aliphatic carbocycles. The number of aliphatic carboxylic acids is 1. The van der Waals surface area contributed by atoms with Crippen LogP contribution in [0, 0.1) is 0 Å². The average Bonchev–Trinajstić information content (AvgIpc) is 2.87. The molecule has 3 aromatic rings. The van der Waals surface area contributed by atoms with Gasteiger partial charge in [0.05, 0.1) is 23.6 Å². The lowest BCUT2D eigenvalue weighted by Crippen LogP contribution is -2.64. The van der Waals surface area contributed by atoms with E-state index in [0.29, 0.717) is 11.3 Å². The summed E-state index contributed by atoms with van der Waals surface area (Å²) in [6, 6.07) is 21.4. The van der Waals surface area contributed by atoms with Crippen LogP contribution in [0.1, 0.15) is 18.4 Å². The highest BCUT2D eigenvalue weighted by molar-refractivity contribution is 7.89. The van der Waals surface area contributed by atoms with E-state index in [9.17, 15) is 27.1 Å². The maximum Gasteiger partial charge on any atom is 0.345 e. The van der Waals surface area contributed by atoms with Gasteiger partial charge in [0.15, 0.2) is 0 Å².